The van der Waals surface area contributed by atoms with Gasteiger partial charge in [-0.25, -0.2) is 4.90 Å². The van der Waals surface area contributed by atoms with E-state index in [2.05, 4.69) is 5.32 Å². The van der Waals surface area contributed by atoms with Crippen LogP contribution in [-0.2, 0) is 20.9 Å². The third kappa shape index (κ3) is 4.75. The first-order chi connectivity index (χ1) is 17.8. The minimum Gasteiger partial charge on any atom is -0.454 e. The molecule has 1 fully saturated rings. The molecule has 2 aliphatic rings. The van der Waals surface area contributed by atoms with Gasteiger partial charge in [0, 0.05) is 24.7 Å². The molecule has 5 rings (SSSR count). The van der Waals surface area contributed by atoms with Crippen molar-refractivity contribution in [2.24, 2.45) is 0 Å². The minimum absolute atomic E-state index is 0.100. The Kier molecular flexibility index (Phi) is 6.35. The summed E-state index contributed by atoms with van der Waals surface area (Å²) in [5, 5.41) is 2.66. The highest BCUT2D eigenvalue weighted by molar-refractivity contribution is 6.23. The fourth-order valence-corrected chi connectivity index (χ4v) is 4.55. The van der Waals surface area contributed by atoms with Gasteiger partial charge in [-0.05, 0) is 60.5 Å². The van der Waals surface area contributed by atoms with Gasteiger partial charge in [-0.3, -0.25) is 19.2 Å². The van der Waals surface area contributed by atoms with Crippen LogP contribution >= 0.6 is 0 Å². The van der Waals surface area contributed by atoms with E-state index in [0.717, 1.165) is 16.0 Å². The highest BCUT2D eigenvalue weighted by Gasteiger charge is 2.44. The second-order valence-corrected chi connectivity index (χ2v) is 8.95. The first kappa shape index (κ1) is 24.1. The molecule has 2 aliphatic heterocycles. The molecule has 2 heterocycles. The highest BCUT2D eigenvalue weighted by atomic mass is 16.7. The Labute approximate surface area is 213 Å². The largest absolute Gasteiger partial charge is 0.454 e. The number of nitrogens with zero attached hydrogens (tertiary/aromatic N) is 2. The van der Waals surface area contributed by atoms with E-state index in [9.17, 15) is 19.2 Å². The number of hydrogen-bond acceptors (Lipinski definition) is 6. The van der Waals surface area contributed by atoms with Crippen molar-refractivity contribution in [3.05, 3.63) is 83.4 Å². The van der Waals surface area contributed by atoms with E-state index in [4.69, 9.17) is 9.47 Å². The zero-order valence-electron chi connectivity index (χ0n) is 20.4. The quantitative estimate of drug-likeness (QED) is 0.519. The Bertz CT molecular complexity index is 1400. The Morgan fingerprint density at radius 3 is 2.46 bits per heavy atom. The van der Waals surface area contributed by atoms with Crippen LogP contribution in [0.2, 0.25) is 0 Å². The van der Waals surface area contributed by atoms with Crippen molar-refractivity contribution in [3.63, 3.8) is 0 Å². The van der Waals surface area contributed by atoms with Crippen molar-refractivity contribution in [1.82, 2.24) is 4.90 Å². The van der Waals surface area contributed by atoms with Crippen molar-refractivity contribution in [2.45, 2.75) is 32.9 Å². The monoisotopic (exact) mass is 499 g/mol. The second kappa shape index (κ2) is 9.77. The molecule has 0 radical (unpaired) electrons. The molecule has 9 heteroatoms. The maximum absolute atomic E-state index is 13.8. The standard InChI is InChI=1S/C28H25N3O6/c1-17-5-3-4-6-22(17)27(34)30(15-19-7-12-24-25(13-19)37-16-36-24)23-14-26(33)31(28(23)35)21-10-8-20(9-11-21)29-18(2)32/h3-13,23H,14-16H2,1-2H3,(H,29,32). The fourth-order valence-electron chi connectivity index (χ4n) is 4.55. The van der Waals surface area contributed by atoms with Crippen LogP contribution in [0.1, 0.15) is 34.8 Å². The van der Waals surface area contributed by atoms with Crippen LogP contribution < -0.4 is 19.7 Å². The summed E-state index contributed by atoms with van der Waals surface area (Å²) in [6, 6.07) is 17.9. The summed E-state index contributed by atoms with van der Waals surface area (Å²) in [7, 11) is 0. The van der Waals surface area contributed by atoms with Crippen LogP contribution in [-0.4, -0.2) is 41.4 Å². The van der Waals surface area contributed by atoms with E-state index in [1.54, 1.807) is 48.5 Å². The number of rotatable bonds is 6. The van der Waals surface area contributed by atoms with E-state index in [1.807, 2.05) is 25.1 Å². The summed E-state index contributed by atoms with van der Waals surface area (Å²) >= 11 is 0. The lowest BCUT2D eigenvalue weighted by Crippen LogP contribution is -2.45. The van der Waals surface area contributed by atoms with E-state index in [-0.39, 0.29) is 31.6 Å². The number of amides is 4. The molecule has 0 saturated carbocycles. The van der Waals surface area contributed by atoms with Gasteiger partial charge in [-0.2, -0.15) is 0 Å². The predicted octanol–water partition coefficient (Wildman–Crippen LogP) is 3.66. The van der Waals surface area contributed by atoms with Gasteiger partial charge in [0.25, 0.3) is 11.8 Å². The van der Waals surface area contributed by atoms with Gasteiger partial charge in [0.1, 0.15) is 6.04 Å². The Balaban J connectivity index is 1.46. The van der Waals surface area contributed by atoms with Crippen molar-refractivity contribution in [3.8, 4) is 11.5 Å². The molecule has 0 bridgehead atoms. The fraction of sp³-hybridized carbons (Fsp3) is 0.214. The maximum atomic E-state index is 13.8. The van der Waals surface area contributed by atoms with Crippen molar-refractivity contribution in [1.29, 1.82) is 0 Å². The van der Waals surface area contributed by atoms with Crippen molar-refractivity contribution in [2.75, 3.05) is 17.0 Å². The van der Waals surface area contributed by atoms with Crippen LogP contribution in [0.25, 0.3) is 0 Å². The van der Waals surface area contributed by atoms with Gasteiger partial charge in [-0.1, -0.05) is 24.3 Å². The molecule has 0 aliphatic carbocycles. The molecule has 1 N–H and O–H groups in total. The van der Waals surface area contributed by atoms with E-state index in [1.165, 1.54) is 11.8 Å². The van der Waals surface area contributed by atoms with Crippen LogP contribution in [0.15, 0.2) is 66.7 Å². The van der Waals surface area contributed by atoms with Gasteiger partial charge in [0.05, 0.1) is 12.1 Å². The lowest BCUT2D eigenvalue weighted by Gasteiger charge is -2.28. The Morgan fingerprint density at radius 1 is 1.00 bits per heavy atom. The number of aryl methyl sites for hydroxylation is 1. The average molecular weight is 500 g/mol. The molecular formula is C28H25N3O6. The Morgan fingerprint density at radius 2 is 1.73 bits per heavy atom. The predicted molar refractivity (Wildman–Crippen MR) is 135 cm³/mol. The lowest BCUT2D eigenvalue weighted by molar-refractivity contribution is -0.122. The minimum atomic E-state index is -0.986. The molecule has 3 aromatic carbocycles. The number of ether oxygens (including phenoxy) is 2. The highest BCUT2D eigenvalue weighted by Crippen LogP contribution is 2.34. The zero-order chi connectivity index (χ0) is 26.1. The first-order valence-electron chi connectivity index (χ1n) is 11.8. The maximum Gasteiger partial charge on any atom is 0.257 e. The lowest BCUT2D eigenvalue weighted by atomic mass is 10.0. The summed E-state index contributed by atoms with van der Waals surface area (Å²) in [5.41, 5.74) is 2.89. The van der Waals surface area contributed by atoms with Crippen LogP contribution in [0, 0.1) is 6.92 Å². The molecule has 188 valence electrons. The van der Waals surface area contributed by atoms with E-state index in [0.29, 0.717) is 28.4 Å². The van der Waals surface area contributed by atoms with E-state index < -0.39 is 17.9 Å². The van der Waals surface area contributed by atoms with Gasteiger partial charge >= 0.3 is 0 Å². The molecule has 3 aromatic rings. The third-order valence-corrected chi connectivity index (χ3v) is 6.37. The van der Waals surface area contributed by atoms with Crippen molar-refractivity contribution >= 4 is 35.0 Å². The van der Waals surface area contributed by atoms with Gasteiger partial charge in [-0.15, -0.1) is 0 Å². The summed E-state index contributed by atoms with van der Waals surface area (Å²) in [4.78, 5) is 54.3. The molecule has 0 spiro atoms. The number of fused-ring (bicyclic) bond motifs is 1. The van der Waals surface area contributed by atoms with Gasteiger partial charge < -0.3 is 19.7 Å². The number of carbonyl (C=O) groups is 4. The molecule has 0 aromatic heterocycles. The number of hydrogen-bond donors (Lipinski definition) is 1. The number of carbonyl (C=O) groups excluding carboxylic acids is 4. The van der Waals surface area contributed by atoms with E-state index >= 15 is 0 Å². The summed E-state index contributed by atoms with van der Waals surface area (Å²) < 4.78 is 10.9. The molecular weight excluding hydrogens is 474 g/mol. The molecule has 1 saturated heterocycles. The SMILES string of the molecule is CC(=O)Nc1ccc(N2C(=O)CC(N(Cc3ccc4c(c3)OCO4)C(=O)c3ccccc3C)C2=O)cc1. The number of nitrogens with one attached hydrogen (secondary N) is 1. The van der Waals surface area contributed by atoms with Crippen LogP contribution in [0.5, 0.6) is 11.5 Å². The summed E-state index contributed by atoms with van der Waals surface area (Å²) in [5.74, 6) is -0.285. The zero-order valence-corrected chi connectivity index (χ0v) is 20.4. The Hall–Kier alpha value is -4.66. The molecule has 1 atom stereocenters. The summed E-state index contributed by atoms with van der Waals surface area (Å²) in [6.45, 7) is 3.45. The number of benzene rings is 3. The second-order valence-electron chi connectivity index (χ2n) is 8.95. The normalized spacial score (nSPS) is 16.2. The number of imide groups is 1. The smallest absolute Gasteiger partial charge is 0.257 e. The topological polar surface area (TPSA) is 105 Å². The van der Waals surface area contributed by atoms with Gasteiger partial charge in [0.2, 0.25) is 18.6 Å². The first-order valence-corrected chi connectivity index (χ1v) is 11.8. The van der Waals surface area contributed by atoms with Crippen molar-refractivity contribution < 1.29 is 28.7 Å². The third-order valence-electron chi connectivity index (χ3n) is 6.37. The average Bonchev–Trinajstić information content (AvgIpc) is 3.46. The molecule has 37 heavy (non-hydrogen) atoms. The van der Waals surface area contributed by atoms with Crippen LogP contribution in [0.3, 0.4) is 0 Å². The number of anilines is 2. The van der Waals surface area contributed by atoms with Crippen LogP contribution in [0.4, 0.5) is 11.4 Å². The molecule has 9 nitrogen and oxygen atoms in total. The molecule has 1 unspecified atom stereocenters. The van der Waals surface area contributed by atoms with Gasteiger partial charge in [0.15, 0.2) is 11.5 Å². The summed E-state index contributed by atoms with van der Waals surface area (Å²) in [6.07, 6.45) is -0.144. The molecule has 4 amide bonds.